The van der Waals surface area contributed by atoms with Gasteiger partial charge >= 0.3 is 6.18 Å². The summed E-state index contributed by atoms with van der Waals surface area (Å²) in [5.74, 6) is -0.535. The van der Waals surface area contributed by atoms with E-state index >= 15 is 0 Å². The van der Waals surface area contributed by atoms with Crippen LogP contribution in [0.25, 0.3) is 0 Å². The molecule has 2 heterocycles. The molecular formula is C12H8F3N3O. The van der Waals surface area contributed by atoms with Crippen LogP contribution < -0.4 is 5.32 Å². The average molecular weight is 267 g/mol. The van der Waals surface area contributed by atoms with E-state index in [1.807, 2.05) is 0 Å². The van der Waals surface area contributed by atoms with Crippen molar-refractivity contribution in [3.8, 4) is 0 Å². The molecule has 4 nitrogen and oxygen atoms in total. The lowest BCUT2D eigenvalue weighted by atomic mass is 10.2. The number of anilines is 1. The lowest BCUT2D eigenvalue weighted by Crippen LogP contribution is -2.14. The Labute approximate surface area is 106 Å². The van der Waals surface area contributed by atoms with Gasteiger partial charge in [0, 0.05) is 24.3 Å². The third-order valence-electron chi connectivity index (χ3n) is 2.25. The smallest absolute Gasteiger partial charge is 0.322 e. The van der Waals surface area contributed by atoms with Gasteiger partial charge in [0.1, 0.15) is 5.69 Å². The number of nitrogens with one attached hydrogen (secondary N) is 1. The molecule has 0 saturated heterocycles. The van der Waals surface area contributed by atoms with Gasteiger partial charge in [0.2, 0.25) is 0 Å². The van der Waals surface area contributed by atoms with Crippen LogP contribution in [0.15, 0.2) is 42.9 Å². The number of aromatic nitrogens is 2. The van der Waals surface area contributed by atoms with Crippen LogP contribution >= 0.6 is 0 Å². The van der Waals surface area contributed by atoms with Crippen molar-refractivity contribution in [2.75, 3.05) is 5.32 Å². The van der Waals surface area contributed by atoms with E-state index < -0.39 is 17.8 Å². The molecular weight excluding hydrogens is 259 g/mol. The Morgan fingerprint density at radius 3 is 2.32 bits per heavy atom. The fraction of sp³-hybridized carbons (Fsp3) is 0.0833. The molecule has 0 fully saturated rings. The minimum atomic E-state index is -4.51. The monoisotopic (exact) mass is 267 g/mol. The molecule has 2 rings (SSSR count). The Hall–Kier alpha value is -2.44. The SMILES string of the molecule is O=C(Nc1ccncc1)c1ccc(C(F)(F)F)nc1. The zero-order valence-corrected chi connectivity index (χ0v) is 9.48. The molecule has 7 heteroatoms. The number of carbonyl (C=O) groups is 1. The van der Waals surface area contributed by atoms with Crippen molar-refractivity contribution in [3.05, 3.63) is 54.1 Å². The molecule has 0 spiro atoms. The van der Waals surface area contributed by atoms with Crippen molar-refractivity contribution in [2.45, 2.75) is 6.18 Å². The van der Waals surface area contributed by atoms with E-state index in [9.17, 15) is 18.0 Å². The summed E-state index contributed by atoms with van der Waals surface area (Å²) < 4.78 is 36.9. The van der Waals surface area contributed by atoms with Crippen molar-refractivity contribution in [2.24, 2.45) is 0 Å². The van der Waals surface area contributed by atoms with E-state index in [4.69, 9.17) is 0 Å². The minimum Gasteiger partial charge on any atom is -0.322 e. The number of halogens is 3. The molecule has 0 aliphatic rings. The molecule has 0 aliphatic carbocycles. The molecule has 0 aromatic carbocycles. The summed E-state index contributed by atoms with van der Waals surface area (Å²) in [4.78, 5) is 18.7. The van der Waals surface area contributed by atoms with Gasteiger partial charge in [-0.3, -0.25) is 14.8 Å². The predicted octanol–water partition coefficient (Wildman–Crippen LogP) is 2.75. The first kappa shape index (κ1) is 13.0. The van der Waals surface area contributed by atoms with Gasteiger partial charge in [-0.05, 0) is 24.3 Å². The summed E-state index contributed by atoms with van der Waals surface area (Å²) in [7, 11) is 0. The number of hydrogen-bond acceptors (Lipinski definition) is 3. The van der Waals surface area contributed by atoms with Crippen LogP contribution in [0.5, 0.6) is 0 Å². The maximum absolute atomic E-state index is 12.3. The molecule has 2 aromatic rings. The first-order chi connectivity index (χ1) is 8.97. The highest BCUT2D eigenvalue weighted by molar-refractivity contribution is 6.03. The van der Waals surface area contributed by atoms with Gasteiger partial charge in [-0.15, -0.1) is 0 Å². The topological polar surface area (TPSA) is 54.9 Å². The van der Waals surface area contributed by atoms with Crippen molar-refractivity contribution >= 4 is 11.6 Å². The lowest BCUT2D eigenvalue weighted by Gasteiger charge is -2.07. The van der Waals surface area contributed by atoms with E-state index in [1.54, 1.807) is 12.1 Å². The molecule has 0 atom stereocenters. The minimum absolute atomic E-state index is 0.0461. The Morgan fingerprint density at radius 1 is 1.11 bits per heavy atom. The van der Waals surface area contributed by atoms with Gasteiger partial charge in [0.25, 0.3) is 5.91 Å². The standard InChI is InChI=1S/C12H8F3N3O/c13-12(14,15)10-2-1-8(7-17-10)11(19)18-9-3-5-16-6-4-9/h1-7H,(H,16,18,19). The Balaban J connectivity index is 2.12. The summed E-state index contributed by atoms with van der Waals surface area (Å²) in [5, 5.41) is 2.52. The van der Waals surface area contributed by atoms with Crippen molar-refractivity contribution < 1.29 is 18.0 Å². The van der Waals surface area contributed by atoms with Crippen molar-refractivity contribution in [3.63, 3.8) is 0 Å². The third kappa shape index (κ3) is 3.27. The zero-order chi connectivity index (χ0) is 13.9. The van der Waals surface area contributed by atoms with Crippen LogP contribution in [0.1, 0.15) is 16.1 Å². The number of amides is 1. The first-order valence-corrected chi connectivity index (χ1v) is 5.21. The predicted molar refractivity (Wildman–Crippen MR) is 61.4 cm³/mol. The van der Waals surface area contributed by atoms with Crippen LogP contribution in [0.2, 0.25) is 0 Å². The summed E-state index contributed by atoms with van der Waals surface area (Å²) >= 11 is 0. The zero-order valence-electron chi connectivity index (χ0n) is 9.48. The van der Waals surface area contributed by atoms with E-state index in [-0.39, 0.29) is 5.56 Å². The second-order valence-corrected chi connectivity index (χ2v) is 3.62. The number of hydrogen-bond donors (Lipinski definition) is 1. The van der Waals surface area contributed by atoms with Gasteiger partial charge in [0.15, 0.2) is 0 Å². The van der Waals surface area contributed by atoms with Gasteiger partial charge < -0.3 is 5.32 Å². The second-order valence-electron chi connectivity index (χ2n) is 3.62. The number of carbonyl (C=O) groups excluding carboxylic acids is 1. The van der Waals surface area contributed by atoms with Gasteiger partial charge in [-0.2, -0.15) is 13.2 Å². The lowest BCUT2D eigenvalue weighted by molar-refractivity contribution is -0.141. The van der Waals surface area contributed by atoms with E-state index in [0.29, 0.717) is 5.69 Å². The van der Waals surface area contributed by atoms with E-state index in [2.05, 4.69) is 15.3 Å². The van der Waals surface area contributed by atoms with Crippen molar-refractivity contribution in [1.82, 2.24) is 9.97 Å². The molecule has 1 N–H and O–H groups in total. The first-order valence-electron chi connectivity index (χ1n) is 5.21. The summed E-state index contributed by atoms with van der Waals surface area (Å²) in [6, 6.07) is 4.97. The summed E-state index contributed by atoms with van der Waals surface area (Å²) in [5.41, 5.74) is -0.488. The molecule has 19 heavy (non-hydrogen) atoms. The molecule has 0 saturated carbocycles. The molecule has 98 valence electrons. The highest BCUT2D eigenvalue weighted by Gasteiger charge is 2.32. The van der Waals surface area contributed by atoms with Crippen LogP contribution in [0.4, 0.5) is 18.9 Å². The highest BCUT2D eigenvalue weighted by Crippen LogP contribution is 2.27. The molecule has 0 radical (unpaired) electrons. The van der Waals surface area contributed by atoms with Crippen LogP contribution in [0, 0.1) is 0 Å². The van der Waals surface area contributed by atoms with Crippen molar-refractivity contribution in [1.29, 1.82) is 0 Å². The highest BCUT2D eigenvalue weighted by atomic mass is 19.4. The number of nitrogens with zero attached hydrogens (tertiary/aromatic N) is 2. The second kappa shape index (κ2) is 5.05. The fourth-order valence-corrected chi connectivity index (χ4v) is 1.33. The van der Waals surface area contributed by atoms with Gasteiger partial charge in [-0.25, -0.2) is 0 Å². The molecule has 0 bridgehead atoms. The van der Waals surface area contributed by atoms with Crippen LogP contribution in [-0.4, -0.2) is 15.9 Å². The largest absolute Gasteiger partial charge is 0.433 e. The molecule has 0 unspecified atom stereocenters. The Bertz CT molecular complexity index is 567. The van der Waals surface area contributed by atoms with Crippen LogP contribution in [0.3, 0.4) is 0 Å². The van der Waals surface area contributed by atoms with E-state index in [0.717, 1.165) is 18.3 Å². The van der Waals surface area contributed by atoms with Gasteiger partial charge in [0.05, 0.1) is 5.56 Å². The maximum atomic E-state index is 12.3. The van der Waals surface area contributed by atoms with Crippen LogP contribution in [-0.2, 0) is 6.18 Å². The maximum Gasteiger partial charge on any atom is 0.433 e. The van der Waals surface area contributed by atoms with Gasteiger partial charge in [-0.1, -0.05) is 0 Å². The number of rotatable bonds is 2. The third-order valence-corrected chi connectivity index (χ3v) is 2.25. The summed E-state index contributed by atoms with van der Waals surface area (Å²) in [6.07, 6.45) is -0.652. The van der Waals surface area contributed by atoms with E-state index in [1.165, 1.54) is 12.4 Å². The normalized spacial score (nSPS) is 11.1. The Morgan fingerprint density at radius 2 is 1.79 bits per heavy atom. The molecule has 1 amide bonds. The summed E-state index contributed by atoms with van der Waals surface area (Å²) in [6.45, 7) is 0. The fourth-order valence-electron chi connectivity index (χ4n) is 1.33. The quantitative estimate of drug-likeness (QED) is 0.910. The Kier molecular flexibility index (Phi) is 3.46. The number of alkyl halides is 3. The molecule has 2 aromatic heterocycles. The molecule has 0 aliphatic heterocycles. The number of pyridine rings is 2. The average Bonchev–Trinajstić information content (AvgIpc) is 2.39.